The molecule has 0 saturated heterocycles. The highest BCUT2D eigenvalue weighted by molar-refractivity contribution is 7.52. The fourth-order valence-corrected chi connectivity index (χ4v) is 3.57. The highest BCUT2D eigenvalue weighted by Gasteiger charge is 2.29. The number of carboxylic acids is 2. The third-order valence-electron chi connectivity index (χ3n) is 3.40. The van der Waals surface area contributed by atoms with Crippen LogP contribution >= 0.6 is 7.60 Å². The molecular formula is C16H23O7P. The topological polar surface area (TPSA) is 121 Å². The second-order valence-electron chi connectivity index (χ2n) is 5.56. The summed E-state index contributed by atoms with van der Waals surface area (Å²) in [6, 6.07) is 8.56. The Morgan fingerprint density at radius 1 is 1.04 bits per heavy atom. The second kappa shape index (κ2) is 10.2. The predicted molar refractivity (Wildman–Crippen MR) is 87.8 cm³/mol. The van der Waals surface area contributed by atoms with Crippen molar-refractivity contribution in [2.75, 3.05) is 0 Å². The summed E-state index contributed by atoms with van der Waals surface area (Å²) in [6.07, 6.45) is 0.945. The molecule has 134 valence electrons. The van der Waals surface area contributed by atoms with E-state index in [9.17, 15) is 19.0 Å². The van der Waals surface area contributed by atoms with Gasteiger partial charge in [0, 0.05) is 6.42 Å². The van der Waals surface area contributed by atoms with Crippen LogP contribution in [-0.2, 0) is 24.8 Å². The smallest absolute Gasteiger partial charge is 0.333 e. The van der Waals surface area contributed by atoms with Gasteiger partial charge in [-0.25, -0.2) is 4.79 Å². The number of hydrogen-bond donors (Lipinski definition) is 3. The van der Waals surface area contributed by atoms with Gasteiger partial charge in [0.2, 0.25) is 0 Å². The van der Waals surface area contributed by atoms with Gasteiger partial charge in [0.25, 0.3) is 0 Å². The SMILES string of the molecule is O=C(O)CCCCCCC(OP(=O)(O)Cc1ccccc1)C(=O)O. The highest BCUT2D eigenvalue weighted by Crippen LogP contribution is 2.47. The van der Waals surface area contributed by atoms with E-state index in [4.69, 9.17) is 14.7 Å². The Labute approximate surface area is 140 Å². The fraction of sp³-hybridized carbons (Fsp3) is 0.500. The van der Waals surface area contributed by atoms with Crippen LogP contribution in [0.5, 0.6) is 0 Å². The summed E-state index contributed by atoms with van der Waals surface area (Å²) >= 11 is 0. The Balaban J connectivity index is 2.42. The quantitative estimate of drug-likeness (QED) is 0.387. The van der Waals surface area contributed by atoms with Crippen molar-refractivity contribution in [3.63, 3.8) is 0 Å². The standard InChI is InChI=1S/C16H23O7P/c17-15(18)11-7-2-1-6-10-14(16(19)20)23-24(21,22)12-13-8-4-3-5-9-13/h3-5,8-9,14H,1-2,6-7,10-12H2,(H,17,18)(H,19,20)(H,21,22). The van der Waals surface area contributed by atoms with E-state index in [0.717, 1.165) is 0 Å². The molecule has 0 amide bonds. The Morgan fingerprint density at radius 2 is 1.67 bits per heavy atom. The van der Waals surface area contributed by atoms with Gasteiger partial charge in [-0.1, -0.05) is 49.6 Å². The van der Waals surface area contributed by atoms with E-state index in [1.165, 1.54) is 0 Å². The summed E-state index contributed by atoms with van der Waals surface area (Å²) in [7, 11) is -4.06. The number of aliphatic carboxylic acids is 2. The normalized spacial score (nSPS) is 14.7. The van der Waals surface area contributed by atoms with Crippen LogP contribution in [0.1, 0.15) is 44.1 Å². The highest BCUT2D eigenvalue weighted by atomic mass is 31.2. The first-order chi connectivity index (χ1) is 11.3. The second-order valence-corrected chi connectivity index (χ2v) is 7.36. The van der Waals surface area contributed by atoms with Crippen molar-refractivity contribution in [1.29, 1.82) is 0 Å². The first-order valence-electron chi connectivity index (χ1n) is 7.79. The number of hydrogen-bond acceptors (Lipinski definition) is 4. The number of benzene rings is 1. The summed E-state index contributed by atoms with van der Waals surface area (Å²) < 4.78 is 17.1. The molecule has 1 aromatic rings. The van der Waals surface area contributed by atoms with Crippen LogP contribution < -0.4 is 0 Å². The zero-order chi connectivity index (χ0) is 18.0. The molecule has 0 saturated carbocycles. The molecule has 0 heterocycles. The lowest BCUT2D eigenvalue weighted by Gasteiger charge is -2.18. The van der Waals surface area contributed by atoms with Crippen LogP contribution in [-0.4, -0.2) is 33.1 Å². The average Bonchev–Trinajstić information content (AvgIpc) is 2.49. The first-order valence-corrected chi connectivity index (χ1v) is 9.55. The van der Waals surface area contributed by atoms with E-state index in [1.54, 1.807) is 30.3 Å². The van der Waals surface area contributed by atoms with Gasteiger partial charge in [-0.05, 0) is 18.4 Å². The summed E-state index contributed by atoms with van der Waals surface area (Å²) in [5, 5.41) is 17.7. The third-order valence-corrected chi connectivity index (χ3v) is 4.75. The summed E-state index contributed by atoms with van der Waals surface area (Å²) in [6.45, 7) is 0. The predicted octanol–water partition coefficient (Wildman–Crippen LogP) is 3.27. The molecule has 0 radical (unpaired) electrons. The Bertz CT molecular complexity index is 573. The van der Waals surface area contributed by atoms with Crippen molar-refractivity contribution in [2.45, 2.75) is 50.8 Å². The lowest BCUT2D eigenvalue weighted by atomic mass is 10.1. The van der Waals surface area contributed by atoms with Crippen LogP contribution in [0.3, 0.4) is 0 Å². The Kier molecular flexibility index (Phi) is 8.68. The molecule has 0 aliphatic heterocycles. The van der Waals surface area contributed by atoms with Crippen molar-refractivity contribution < 1.29 is 33.8 Å². The third kappa shape index (κ3) is 8.82. The molecule has 2 atom stereocenters. The van der Waals surface area contributed by atoms with E-state index < -0.39 is 25.6 Å². The molecule has 24 heavy (non-hydrogen) atoms. The molecule has 1 aromatic carbocycles. The monoisotopic (exact) mass is 358 g/mol. The van der Waals surface area contributed by atoms with Crippen LogP contribution in [0.4, 0.5) is 0 Å². The summed E-state index contributed by atoms with van der Waals surface area (Å²) in [5.41, 5.74) is 0.598. The number of rotatable bonds is 12. The molecule has 0 aliphatic rings. The lowest BCUT2D eigenvalue weighted by Crippen LogP contribution is -2.23. The zero-order valence-corrected chi connectivity index (χ0v) is 14.2. The minimum absolute atomic E-state index is 0.0851. The van der Waals surface area contributed by atoms with Crippen LogP contribution in [0.2, 0.25) is 0 Å². The summed E-state index contributed by atoms with van der Waals surface area (Å²) in [4.78, 5) is 31.5. The molecule has 0 aromatic heterocycles. The molecule has 0 aliphatic carbocycles. The average molecular weight is 358 g/mol. The lowest BCUT2D eigenvalue weighted by molar-refractivity contribution is -0.145. The van der Waals surface area contributed by atoms with Crippen molar-refractivity contribution in [2.24, 2.45) is 0 Å². The van der Waals surface area contributed by atoms with Gasteiger partial charge in [-0.3, -0.25) is 13.9 Å². The maximum atomic E-state index is 12.1. The molecule has 2 unspecified atom stereocenters. The molecule has 7 nitrogen and oxygen atoms in total. The van der Waals surface area contributed by atoms with Gasteiger partial charge < -0.3 is 15.1 Å². The number of unbranched alkanes of at least 4 members (excludes halogenated alkanes) is 3. The van der Waals surface area contributed by atoms with Crippen LogP contribution in [0.25, 0.3) is 0 Å². The zero-order valence-electron chi connectivity index (χ0n) is 13.3. The van der Waals surface area contributed by atoms with Gasteiger partial charge in [-0.15, -0.1) is 0 Å². The minimum atomic E-state index is -4.06. The van der Waals surface area contributed by atoms with Gasteiger partial charge in [0.1, 0.15) is 0 Å². The maximum Gasteiger partial charge on any atom is 0.333 e. The number of carbonyl (C=O) groups is 2. The number of carboxylic acid groups (broad SMARTS) is 2. The van der Waals surface area contributed by atoms with Crippen molar-refractivity contribution in [1.82, 2.24) is 0 Å². The largest absolute Gasteiger partial charge is 0.481 e. The Morgan fingerprint density at radius 3 is 2.25 bits per heavy atom. The maximum absolute atomic E-state index is 12.1. The molecule has 1 rings (SSSR count). The van der Waals surface area contributed by atoms with Crippen molar-refractivity contribution >= 4 is 19.5 Å². The van der Waals surface area contributed by atoms with Gasteiger partial charge in [-0.2, -0.15) is 0 Å². The van der Waals surface area contributed by atoms with Crippen molar-refractivity contribution in [3.05, 3.63) is 35.9 Å². The van der Waals surface area contributed by atoms with E-state index in [1.807, 2.05) is 0 Å². The molecule has 0 bridgehead atoms. The Hall–Kier alpha value is -1.69. The van der Waals surface area contributed by atoms with Crippen LogP contribution in [0.15, 0.2) is 30.3 Å². The van der Waals surface area contributed by atoms with E-state index >= 15 is 0 Å². The van der Waals surface area contributed by atoms with Crippen molar-refractivity contribution in [3.8, 4) is 0 Å². The molecule has 0 spiro atoms. The fourth-order valence-electron chi connectivity index (χ4n) is 2.23. The molecular weight excluding hydrogens is 335 g/mol. The van der Waals surface area contributed by atoms with Gasteiger partial charge in [0.05, 0.1) is 6.16 Å². The van der Waals surface area contributed by atoms with E-state index in [-0.39, 0.29) is 19.0 Å². The first kappa shape index (κ1) is 20.4. The molecule has 0 fully saturated rings. The van der Waals surface area contributed by atoms with E-state index in [2.05, 4.69) is 0 Å². The van der Waals surface area contributed by atoms with Crippen LogP contribution in [0, 0.1) is 0 Å². The van der Waals surface area contributed by atoms with Gasteiger partial charge in [0.15, 0.2) is 6.10 Å². The van der Waals surface area contributed by atoms with Gasteiger partial charge >= 0.3 is 19.5 Å². The molecule has 8 heteroatoms. The molecule has 3 N–H and O–H groups in total. The minimum Gasteiger partial charge on any atom is -0.481 e. The summed E-state index contributed by atoms with van der Waals surface area (Å²) in [5.74, 6) is -2.13. The van der Waals surface area contributed by atoms with E-state index in [0.29, 0.717) is 31.2 Å².